The number of aromatic nitrogens is 2. The van der Waals surface area contributed by atoms with Gasteiger partial charge in [0.25, 0.3) is 0 Å². The molecule has 1 N–H and O–H groups in total. The van der Waals surface area contributed by atoms with Crippen molar-refractivity contribution in [1.29, 1.82) is 0 Å². The lowest BCUT2D eigenvalue weighted by molar-refractivity contribution is -0.121. The third kappa shape index (κ3) is 6.02. The second-order valence-corrected chi connectivity index (χ2v) is 7.63. The summed E-state index contributed by atoms with van der Waals surface area (Å²) < 4.78 is 28.3. The van der Waals surface area contributed by atoms with Gasteiger partial charge in [-0.1, -0.05) is 12.1 Å². The van der Waals surface area contributed by atoms with Crippen molar-refractivity contribution < 1.29 is 18.0 Å². The summed E-state index contributed by atoms with van der Waals surface area (Å²) in [4.78, 5) is 18.9. The van der Waals surface area contributed by atoms with Crippen molar-refractivity contribution in [2.24, 2.45) is 0 Å². The fourth-order valence-electron chi connectivity index (χ4n) is 2.99. The van der Waals surface area contributed by atoms with E-state index in [2.05, 4.69) is 14.7 Å². The molecule has 0 saturated heterocycles. The van der Waals surface area contributed by atoms with Crippen LogP contribution in [0.1, 0.15) is 29.3 Å². The number of rotatable bonds is 10. The molecule has 4 rings (SSSR count). The van der Waals surface area contributed by atoms with Crippen LogP contribution in [-0.2, 0) is 24.3 Å². The molecular weight excluding hydrogens is 419 g/mol. The van der Waals surface area contributed by atoms with Crippen molar-refractivity contribution in [1.82, 2.24) is 14.7 Å². The van der Waals surface area contributed by atoms with E-state index in [1.54, 1.807) is 30.7 Å². The Kier molecular flexibility index (Phi) is 6.73. The number of furan rings is 2. The Balaban J connectivity index is 1.39. The number of nitrogens with zero attached hydrogens (tertiary/aromatic N) is 3. The molecule has 0 atom stereocenters. The number of carbonyl (C=O) groups excluding carboxylic acids is 1. The average Bonchev–Trinajstić information content (AvgIpc) is 3.54. The summed E-state index contributed by atoms with van der Waals surface area (Å²) >= 11 is 1.27. The Hall–Kier alpha value is -3.46. The molecular formula is C22H21FN4O3S. The lowest BCUT2D eigenvalue weighted by Crippen LogP contribution is -2.30. The Morgan fingerprint density at radius 1 is 1.06 bits per heavy atom. The third-order valence-corrected chi connectivity index (χ3v) is 5.39. The van der Waals surface area contributed by atoms with Crippen LogP contribution in [0.3, 0.4) is 0 Å². The molecule has 0 aliphatic heterocycles. The van der Waals surface area contributed by atoms with Crippen LogP contribution < -0.4 is 10.2 Å². The van der Waals surface area contributed by atoms with Crippen molar-refractivity contribution >= 4 is 22.6 Å². The molecule has 0 saturated carbocycles. The van der Waals surface area contributed by atoms with Gasteiger partial charge in [-0.3, -0.25) is 4.79 Å². The zero-order chi connectivity index (χ0) is 21.5. The fourth-order valence-corrected chi connectivity index (χ4v) is 3.70. The Morgan fingerprint density at radius 3 is 2.52 bits per heavy atom. The van der Waals surface area contributed by atoms with Crippen LogP contribution in [0, 0.1) is 5.82 Å². The van der Waals surface area contributed by atoms with Gasteiger partial charge in [0.2, 0.25) is 11.0 Å². The highest BCUT2D eigenvalue weighted by molar-refractivity contribution is 7.09. The SMILES string of the molecule is O=C(CCN(Cc1ccco1)c1nc(Cc2ccc(F)cc2)ns1)NCc1ccco1. The van der Waals surface area contributed by atoms with Crippen LogP contribution >= 0.6 is 11.5 Å². The minimum atomic E-state index is -0.273. The van der Waals surface area contributed by atoms with Crippen LogP contribution in [0.5, 0.6) is 0 Å². The first-order valence-electron chi connectivity index (χ1n) is 9.79. The van der Waals surface area contributed by atoms with Crippen LogP contribution in [0.2, 0.25) is 0 Å². The molecule has 4 aromatic rings. The minimum Gasteiger partial charge on any atom is -0.467 e. The average molecular weight is 441 g/mol. The van der Waals surface area contributed by atoms with E-state index in [-0.39, 0.29) is 18.1 Å². The van der Waals surface area contributed by atoms with Gasteiger partial charge in [-0.15, -0.1) is 0 Å². The highest BCUT2D eigenvalue weighted by Crippen LogP contribution is 2.22. The molecule has 9 heteroatoms. The lowest BCUT2D eigenvalue weighted by Gasteiger charge is -2.19. The van der Waals surface area contributed by atoms with E-state index in [0.717, 1.165) is 11.3 Å². The van der Waals surface area contributed by atoms with Gasteiger partial charge in [-0.2, -0.15) is 4.37 Å². The molecule has 3 aromatic heterocycles. The molecule has 7 nitrogen and oxygen atoms in total. The first-order chi connectivity index (χ1) is 15.2. The molecule has 3 heterocycles. The summed E-state index contributed by atoms with van der Waals surface area (Å²) in [5.74, 6) is 1.77. The molecule has 0 spiro atoms. The first-order valence-corrected chi connectivity index (χ1v) is 10.6. The predicted molar refractivity (Wildman–Crippen MR) is 114 cm³/mol. The van der Waals surface area contributed by atoms with Gasteiger partial charge in [0.15, 0.2) is 0 Å². The standard InChI is InChI=1S/C22H21FN4O3S/c23-17-7-5-16(6-8-17)13-20-25-22(31-26-20)27(15-19-4-2-12-30-19)10-9-21(28)24-14-18-3-1-11-29-18/h1-8,11-12H,9-10,13-15H2,(H,24,28). The summed E-state index contributed by atoms with van der Waals surface area (Å²) in [5, 5.41) is 3.55. The van der Waals surface area contributed by atoms with Gasteiger partial charge in [0, 0.05) is 30.9 Å². The quantitative estimate of drug-likeness (QED) is 0.399. The second kappa shape index (κ2) is 10.0. The van der Waals surface area contributed by atoms with E-state index >= 15 is 0 Å². The van der Waals surface area contributed by atoms with E-state index < -0.39 is 0 Å². The van der Waals surface area contributed by atoms with E-state index in [1.807, 2.05) is 23.1 Å². The molecule has 0 bridgehead atoms. The number of nitrogens with one attached hydrogen (secondary N) is 1. The molecule has 31 heavy (non-hydrogen) atoms. The molecule has 1 aromatic carbocycles. The van der Waals surface area contributed by atoms with Gasteiger partial charge in [0.05, 0.1) is 25.6 Å². The molecule has 0 radical (unpaired) electrons. The van der Waals surface area contributed by atoms with Crippen molar-refractivity contribution in [2.45, 2.75) is 25.9 Å². The normalized spacial score (nSPS) is 10.9. The summed E-state index contributed by atoms with van der Waals surface area (Å²) in [5.41, 5.74) is 0.931. The summed E-state index contributed by atoms with van der Waals surface area (Å²) in [6.07, 6.45) is 3.98. The van der Waals surface area contributed by atoms with Gasteiger partial charge >= 0.3 is 0 Å². The number of halogens is 1. The largest absolute Gasteiger partial charge is 0.467 e. The molecule has 0 aliphatic carbocycles. The number of hydrogen-bond donors (Lipinski definition) is 1. The summed E-state index contributed by atoms with van der Waals surface area (Å²) in [6, 6.07) is 13.6. The summed E-state index contributed by atoms with van der Waals surface area (Å²) in [7, 11) is 0. The number of hydrogen-bond acceptors (Lipinski definition) is 7. The highest BCUT2D eigenvalue weighted by atomic mass is 32.1. The van der Waals surface area contributed by atoms with E-state index in [0.29, 0.717) is 42.8 Å². The fraction of sp³-hybridized carbons (Fsp3) is 0.227. The lowest BCUT2D eigenvalue weighted by atomic mass is 10.1. The predicted octanol–water partition coefficient (Wildman–Crippen LogP) is 4.17. The topological polar surface area (TPSA) is 84.4 Å². The third-order valence-electron chi connectivity index (χ3n) is 4.58. The molecule has 1 amide bonds. The number of carbonyl (C=O) groups is 1. The zero-order valence-corrected chi connectivity index (χ0v) is 17.5. The smallest absolute Gasteiger partial charge is 0.222 e. The van der Waals surface area contributed by atoms with Gasteiger partial charge in [-0.05, 0) is 42.0 Å². The van der Waals surface area contributed by atoms with Crippen molar-refractivity contribution in [3.05, 3.63) is 89.8 Å². The van der Waals surface area contributed by atoms with E-state index in [4.69, 9.17) is 8.83 Å². The Morgan fingerprint density at radius 2 is 1.81 bits per heavy atom. The molecule has 0 aliphatic rings. The van der Waals surface area contributed by atoms with Crippen LogP contribution in [0.25, 0.3) is 0 Å². The highest BCUT2D eigenvalue weighted by Gasteiger charge is 2.16. The minimum absolute atomic E-state index is 0.0862. The van der Waals surface area contributed by atoms with E-state index in [1.165, 1.54) is 23.7 Å². The maximum Gasteiger partial charge on any atom is 0.222 e. The van der Waals surface area contributed by atoms with Gasteiger partial charge in [-0.25, -0.2) is 9.37 Å². The number of anilines is 1. The molecule has 160 valence electrons. The van der Waals surface area contributed by atoms with Crippen LogP contribution in [0.15, 0.2) is 69.9 Å². The Labute approximate surface area is 182 Å². The van der Waals surface area contributed by atoms with Gasteiger partial charge < -0.3 is 19.1 Å². The van der Waals surface area contributed by atoms with Crippen LogP contribution in [-0.4, -0.2) is 21.8 Å². The van der Waals surface area contributed by atoms with Crippen molar-refractivity contribution in [3.63, 3.8) is 0 Å². The van der Waals surface area contributed by atoms with Crippen LogP contribution in [0.4, 0.5) is 9.52 Å². The maximum atomic E-state index is 13.1. The number of benzene rings is 1. The van der Waals surface area contributed by atoms with Crippen molar-refractivity contribution in [3.8, 4) is 0 Å². The first kappa shape index (κ1) is 20.8. The second-order valence-electron chi connectivity index (χ2n) is 6.90. The monoisotopic (exact) mass is 440 g/mol. The zero-order valence-electron chi connectivity index (χ0n) is 16.7. The maximum absolute atomic E-state index is 13.1. The Bertz CT molecular complexity index is 1080. The summed E-state index contributed by atoms with van der Waals surface area (Å²) in [6.45, 7) is 1.28. The van der Waals surface area contributed by atoms with Crippen molar-refractivity contribution in [2.75, 3.05) is 11.4 Å². The van der Waals surface area contributed by atoms with Gasteiger partial charge in [0.1, 0.15) is 23.2 Å². The number of amides is 1. The van der Waals surface area contributed by atoms with E-state index in [9.17, 15) is 9.18 Å². The molecule has 0 fully saturated rings. The molecule has 0 unspecified atom stereocenters.